The van der Waals surface area contributed by atoms with Crippen LogP contribution in [0.5, 0.6) is 5.75 Å². The Kier molecular flexibility index (Phi) is 11.2. The fourth-order valence-corrected chi connectivity index (χ4v) is 5.12. The largest absolute Gasteiger partial charge is 0.491 e. The molecule has 0 radical (unpaired) electrons. The van der Waals surface area contributed by atoms with E-state index in [9.17, 15) is 9.90 Å². The molecule has 4 rings (SSSR count). The van der Waals surface area contributed by atoms with Crippen LogP contribution in [-0.4, -0.2) is 79.6 Å². The summed E-state index contributed by atoms with van der Waals surface area (Å²) in [4.78, 5) is 11.0. The van der Waals surface area contributed by atoms with E-state index < -0.39 is 24.3 Å². The molecule has 0 bridgehead atoms. The van der Waals surface area contributed by atoms with Crippen molar-refractivity contribution in [3.05, 3.63) is 42.5 Å². The third-order valence-corrected chi connectivity index (χ3v) is 7.03. The van der Waals surface area contributed by atoms with Crippen LogP contribution < -0.4 is 4.74 Å². The minimum absolute atomic E-state index is 0.217. The lowest BCUT2D eigenvalue weighted by Gasteiger charge is -2.32. The van der Waals surface area contributed by atoms with Crippen LogP contribution in [0.15, 0.2) is 42.5 Å². The lowest BCUT2D eigenvalue weighted by molar-refractivity contribution is -0.226. The number of carboxylic acids is 1. The highest BCUT2D eigenvalue weighted by Crippen LogP contribution is 2.36. The summed E-state index contributed by atoms with van der Waals surface area (Å²) < 4.78 is 36.4. The van der Waals surface area contributed by atoms with E-state index in [-0.39, 0.29) is 37.8 Å². The molecule has 1 aromatic carbocycles. The monoisotopic (exact) mass is 520 g/mol. The molecule has 9 heteroatoms. The fraction of sp³-hybridized carbons (Fsp3) is 0.679. The van der Waals surface area contributed by atoms with Crippen LogP contribution in [0.4, 0.5) is 0 Å². The molecule has 1 aliphatic carbocycles. The van der Waals surface area contributed by atoms with Crippen molar-refractivity contribution in [1.82, 2.24) is 0 Å². The zero-order valence-electron chi connectivity index (χ0n) is 21.3. The van der Waals surface area contributed by atoms with E-state index in [4.69, 9.17) is 33.5 Å². The van der Waals surface area contributed by atoms with Gasteiger partial charge in [-0.25, -0.2) is 4.79 Å². The Labute approximate surface area is 218 Å². The number of para-hydroxylation sites is 1. The number of benzene rings is 1. The van der Waals surface area contributed by atoms with Crippen LogP contribution in [0.2, 0.25) is 0 Å². The molecule has 2 heterocycles. The van der Waals surface area contributed by atoms with Gasteiger partial charge in [0.05, 0.1) is 24.9 Å². The van der Waals surface area contributed by atoms with Crippen molar-refractivity contribution in [2.45, 2.75) is 88.4 Å². The minimum atomic E-state index is -1.02. The highest BCUT2D eigenvalue weighted by molar-refractivity contribution is 5.79. The number of hydrogen-bond acceptors (Lipinski definition) is 8. The number of rotatable bonds is 13. The van der Waals surface area contributed by atoms with E-state index in [1.807, 2.05) is 30.3 Å². The summed E-state index contributed by atoms with van der Waals surface area (Å²) in [6, 6.07) is 9.54. The zero-order valence-corrected chi connectivity index (χ0v) is 21.3. The van der Waals surface area contributed by atoms with E-state index in [1.165, 1.54) is 0 Å². The molecular weight excluding hydrogens is 480 g/mol. The normalized spacial score (nSPS) is 31.4. The maximum atomic E-state index is 11.0. The van der Waals surface area contributed by atoms with Crippen molar-refractivity contribution in [1.29, 1.82) is 0 Å². The number of aliphatic hydroxyl groups is 1. The minimum Gasteiger partial charge on any atom is -0.491 e. The van der Waals surface area contributed by atoms with Crippen LogP contribution in [0.25, 0.3) is 0 Å². The van der Waals surface area contributed by atoms with E-state index in [2.05, 4.69) is 0 Å². The van der Waals surface area contributed by atoms with Gasteiger partial charge in [-0.1, -0.05) is 24.3 Å². The van der Waals surface area contributed by atoms with Gasteiger partial charge in [0.1, 0.15) is 18.5 Å². The van der Waals surface area contributed by atoms with Crippen LogP contribution >= 0.6 is 0 Å². The Morgan fingerprint density at radius 1 is 1.03 bits per heavy atom. The molecule has 9 nitrogen and oxygen atoms in total. The maximum Gasteiger partial charge on any atom is 0.327 e. The molecule has 0 aromatic heterocycles. The van der Waals surface area contributed by atoms with Crippen LogP contribution in [0, 0.1) is 5.92 Å². The Hall–Kier alpha value is -2.01. The first-order valence-electron chi connectivity index (χ1n) is 13.5. The summed E-state index contributed by atoms with van der Waals surface area (Å²) in [5.41, 5.74) is 0. The molecule has 1 saturated carbocycles. The Morgan fingerprint density at radius 3 is 2.43 bits per heavy atom. The van der Waals surface area contributed by atoms with Crippen molar-refractivity contribution in [2.75, 3.05) is 26.4 Å². The molecule has 0 amide bonds. The Bertz CT molecular complexity index is 820. The van der Waals surface area contributed by atoms with Crippen molar-refractivity contribution < 1.29 is 43.4 Å². The van der Waals surface area contributed by atoms with Gasteiger partial charge in [0.25, 0.3) is 0 Å². The summed E-state index contributed by atoms with van der Waals surface area (Å²) >= 11 is 0. The average Bonchev–Trinajstić information content (AvgIpc) is 3.20. The SMILES string of the molecule is O=C(O)/C=C/CC1C(O)CC(OC2CCCCO2)C1OCC(COc1ccccc1)OC1CCCCO1. The molecule has 3 aliphatic rings. The molecule has 0 spiro atoms. The van der Waals surface area contributed by atoms with Gasteiger partial charge >= 0.3 is 5.97 Å². The van der Waals surface area contributed by atoms with Gasteiger partial charge in [-0.15, -0.1) is 0 Å². The highest BCUT2D eigenvalue weighted by atomic mass is 16.7. The van der Waals surface area contributed by atoms with Crippen molar-refractivity contribution >= 4 is 5.97 Å². The van der Waals surface area contributed by atoms with E-state index in [0.717, 1.165) is 50.4 Å². The van der Waals surface area contributed by atoms with Gasteiger partial charge in [0.2, 0.25) is 0 Å². The average molecular weight is 521 g/mol. The van der Waals surface area contributed by atoms with E-state index in [1.54, 1.807) is 6.08 Å². The summed E-state index contributed by atoms with van der Waals surface area (Å²) in [7, 11) is 0. The second-order valence-corrected chi connectivity index (χ2v) is 9.89. The van der Waals surface area contributed by atoms with Crippen molar-refractivity contribution in [3.8, 4) is 5.75 Å². The first-order chi connectivity index (χ1) is 18.1. The second kappa shape index (κ2) is 14.8. The molecule has 2 saturated heterocycles. The van der Waals surface area contributed by atoms with Gasteiger partial charge in [-0.2, -0.15) is 0 Å². The third-order valence-electron chi connectivity index (χ3n) is 7.03. The van der Waals surface area contributed by atoms with Crippen LogP contribution in [-0.2, 0) is 28.5 Å². The first-order valence-corrected chi connectivity index (χ1v) is 13.5. The molecular formula is C28H40O9. The van der Waals surface area contributed by atoms with E-state index in [0.29, 0.717) is 26.1 Å². The number of aliphatic hydroxyl groups excluding tert-OH is 1. The summed E-state index contributed by atoms with van der Waals surface area (Å²) in [6.07, 6.45) is 6.61. The van der Waals surface area contributed by atoms with Crippen molar-refractivity contribution in [2.24, 2.45) is 5.92 Å². The summed E-state index contributed by atoms with van der Waals surface area (Å²) in [5.74, 6) is -0.595. The van der Waals surface area contributed by atoms with Gasteiger partial charge in [0, 0.05) is 31.6 Å². The number of hydrogen-bond donors (Lipinski definition) is 2. The molecule has 1 aromatic rings. The lowest BCUT2D eigenvalue weighted by Crippen LogP contribution is -2.40. The maximum absolute atomic E-state index is 11.0. The zero-order chi connectivity index (χ0) is 25.9. The Morgan fingerprint density at radius 2 is 1.76 bits per heavy atom. The molecule has 206 valence electrons. The van der Waals surface area contributed by atoms with Gasteiger partial charge in [-0.3, -0.25) is 0 Å². The molecule has 2 N–H and O–H groups in total. The standard InChI is InChI=1S/C28H40O9/c29-23-17-24(37-27-14-5-7-16-33-27)28(22(23)11-8-12-25(30)31)35-19-21(36-26-13-4-6-15-32-26)18-34-20-9-2-1-3-10-20/h1-3,8-10,12,21-24,26-29H,4-7,11,13-19H2,(H,30,31)/b12-8+. The van der Waals surface area contributed by atoms with E-state index >= 15 is 0 Å². The first kappa shape index (κ1) is 28.0. The van der Waals surface area contributed by atoms with Gasteiger partial charge < -0.3 is 38.6 Å². The van der Waals surface area contributed by atoms with Gasteiger partial charge in [-0.05, 0) is 57.1 Å². The van der Waals surface area contributed by atoms with Gasteiger partial charge in [0.15, 0.2) is 12.6 Å². The highest BCUT2D eigenvalue weighted by Gasteiger charge is 2.45. The molecule has 37 heavy (non-hydrogen) atoms. The molecule has 2 aliphatic heterocycles. The summed E-state index contributed by atoms with van der Waals surface area (Å²) in [6.45, 7) is 1.82. The topological polar surface area (TPSA) is 113 Å². The predicted octanol–water partition coefficient (Wildman–Crippen LogP) is 3.69. The third kappa shape index (κ3) is 9.05. The lowest BCUT2D eigenvalue weighted by atomic mass is 9.98. The number of ether oxygens (including phenoxy) is 6. The smallest absolute Gasteiger partial charge is 0.327 e. The number of carbonyl (C=O) groups is 1. The second-order valence-electron chi connectivity index (χ2n) is 9.89. The number of carboxylic acid groups (broad SMARTS) is 1. The summed E-state index contributed by atoms with van der Waals surface area (Å²) in [5, 5.41) is 19.9. The number of allylic oxidation sites excluding steroid dienone is 1. The predicted molar refractivity (Wildman–Crippen MR) is 134 cm³/mol. The molecule has 7 unspecified atom stereocenters. The molecule has 3 fully saturated rings. The number of aliphatic carboxylic acids is 1. The van der Waals surface area contributed by atoms with Crippen molar-refractivity contribution in [3.63, 3.8) is 0 Å². The quantitative estimate of drug-likeness (QED) is 0.376. The molecule has 7 atom stereocenters. The fourth-order valence-electron chi connectivity index (χ4n) is 5.12. The van der Waals surface area contributed by atoms with Crippen LogP contribution in [0.1, 0.15) is 51.4 Å². The van der Waals surface area contributed by atoms with Crippen LogP contribution in [0.3, 0.4) is 0 Å². The Balaban J connectivity index is 1.42.